The molecule has 0 radical (unpaired) electrons. The number of nitrogens with one attached hydrogen (secondary N) is 2. The molecule has 0 aromatic heterocycles. The van der Waals surface area contributed by atoms with Crippen LogP contribution in [0.2, 0.25) is 0 Å². The van der Waals surface area contributed by atoms with Gasteiger partial charge in [-0.1, -0.05) is 31.2 Å². The minimum atomic E-state index is 0. The van der Waals surface area contributed by atoms with Crippen LogP contribution in [0.3, 0.4) is 0 Å². The Hall–Kier alpha value is -1.14. The van der Waals surface area contributed by atoms with Gasteiger partial charge in [-0.2, -0.15) is 0 Å². The first kappa shape index (κ1) is 20.2. The summed E-state index contributed by atoms with van der Waals surface area (Å²) in [4.78, 5) is 17.0. The fourth-order valence-electron chi connectivity index (χ4n) is 3.51. The van der Waals surface area contributed by atoms with Gasteiger partial charge >= 0.3 is 0 Å². The SMILES string of the molecule is CCN1CCN(Cc2ccc(CNC(=O)C3CCCN3)cc2)CC1.Cl. The first-order valence-corrected chi connectivity index (χ1v) is 9.28. The quantitative estimate of drug-likeness (QED) is 0.803. The molecule has 5 nitrogen and oxygen atoms in total. The van der Waals surface area contributed by atoms with E-state index in [1.807, 2.05) is 0 Å². The fraction of sp³-hybridized carbons (Fsp3) is 0.632. The van der Waals surface area contributed by atoms with Crippen molar-refractivity contribution < 1.29 is 4.79 Å². The van der Waals surface area contributed by atoms with E-state index < -0.39 is 0 Å². The lowest BCUT2D eigenvalue weighted by atomic mass is 10.1. The number of carbonyl (C=O) groups excluding carboxylic acids is 1. The zero-order valence-electron chi connectivity index (χ0n) is 15.2. The van der Waals surface area contributed by atoms with Crippen LogP contribution in [0, 0.1) is 0 Å². The van der Waals surface area contributed by atoms with E-state index in [0.29, 0.717) is 6.54 Å². The number of carbonyl (C=O) groups is 1. The van der Waals surface area contributed by atoms with Crippen LogP contribution >= 0.6 is 12.4 Å². The molecule has 25 heavy (non-hydrogen) atoms. The highest BCUT2D eigenvalue weighted by atomic mass is 35.5. The van der Waals surface area contributed by atoms with Gasteiger partial charge in [0.2, 0.25) is 5.91 Å². The van der Waals surface area contributed by atoms with Gasteiger partial charge < -0.3 is 15.5 Å². The molecule has 2 saturated heterocycles. The summed E-state index contributed by atoms with van der Waals surface area (Å²) in [6, 6.07) is 8.68. The van der Waals surface area contributed by atoms with E-state index >= 15 is 0 Å². The van der Waals surface area contributed by atoms with E-state index in [0.717, 1.165) is 45.6 Å². The van der Waals surface area contributed by atoms with E-state index in [1.165, 1.54) is 24.2 Å². The Morgan fingerprint density at radius 3 is 2.36 bits per heavy atom. The highest BCUT2D eigenvalue weighted by molar-refractivity contribution is 5.85. The molecule has 1 aromatic rings. The van der Waals surface area contributed by atoms with Crippen molar-refractivity contribution in [2.75, 3.05) is 39.3 Å². The summed E-state index contributed by atoms with van der Waals surface area (Å²) in [7, 11) is 0. The Morgan fingerprint density at radius 2 is 1.76 bits per heavy atom. The van der Waals surface area contributed by atoms with Gasteiger partial charge in [-0.15, -0.1) is 12.4 Å². The number of likely N-dealkylation sites (N-methyl/N-ethyl adjacent to an activating group) is 1. The second-order valence-corrected chi connectivity index (χ2v) is 6.89. The molecule has 0 aliphatic carbocycles. The number of benzene rings is 1. The fourth-order valence-corrected chi connectivity index (χ4v) is 3.51. The third kappa shape index (κ3) is 5.96. The van der Waals surface area contributed by atoms with Crippen molar-refractivity contribution in [3.05, 3.63) is 35.4 Å². The topological polar surface area (TPSA) is 47.6 Å². The Bertz CT molecular complexity index is 523. The van der Waals surface area contributed by atoms with Crippen molar-refractivity contribution in [1.29, 1.82) is 0 Å². The molecule has 2 aliphatic heterocycles. The van der Waals surface area contributed by atoms with Crippen molar-refractivity contribution in [1.82, 2.24) is 20.4 Å². The van der Waals surface area contributed by atoms with Crippen molar-refractivity contribution in [2.45, 2.75) is 38.9 Å². The van der Waals surface area contributed by atoms with Crippen molar-refractivity contribution in [3.63, 3.8) is 0 Å². The van der Waals surface area contributed by atoms with Gasteiger partial charge in [0.1, 0.15) is 0 Å². The normalized spacial score (nSPS) is 21.7. The van der Waals surface area contributed by atoms with Gasteiger partial charge in [0, 0.05) is 39.3 Å². The molecule has 0 spiro atoms. The zero-order valence-corrected chi connectivity index (χ0v) is 16.0. The van der Waals surface area contributed by atoms with E-state index in [4.69, 9.17) is 0 Å². The molecule has 1 amide bonds. The number of halogens is 1. The molecule has 140 valence electrons. The lowest BCUT2D eigenvalue weighted by Gasteiger charge is -2.34. The lowest BCUT2D eigenvalue weighted by Crippen LogP contribution is -2.45. The number of rotatable bonds is 6. The molecule has 1 aromatic carbocycles. The first-order valence-electron chi connectivity index (χ1n) is 9.28. The minimum Gasteiger partial charge on any atom is -0.351 e. The molecular formula is C19H31ClN4O. The van der Waals surface area contributed by atoms with Gasteiger partial charge in [-0.25, -0.2) is 0 Å². The molecule has 0 saturated carbocycles. The highest BCUT2D eigenvalue weighted by Crippen LogP contribution is 2.11. The third-order valence-corrected chi connectivity index (χ3v) is 5.18. The summed E-state index contributed by atoms with van der Waals surface area (Å²) < 4.78 is 0. The monoisotopic (exact) mass is 366 g/mol. The number of piperazine rings is 1. The molecule has 6 heteroatoms. The van der Waals surface area contributed by atoms with Crippen molar-refractivity contribution in [3.8, 4) is 0 Å². The summed E-state index contributed by atoms with van der Waals surface area (Å²) >= 11 is 0. The second kappa shape index (κ2) is 10.1. The highest BCUT2D eigenvalue weighted by Gasteiger charge is 2.21. The van der Waals surface area contributed by atoms with Gasteiger partial charge in [0.25, 0.3) is 0 Å². The van der Waals surface area contributed by atoms with Crippen LogP contribution in [0.25, 0.3) is 0 Å². The summed E-state index contributed by atoms with van der Waals surface area (Å²) in [6.45, 7) is 10.6. The summed E-state index contributed by atoms with van der Waals surface area (Å²) in [5.74, 6) is 0.130. The number of amides is 1. The average Bonchev–Trinajstić information content (AvgIpc) is 3.16. The van der Waals surface area contributed by atoms with E-state index in [-0.39, 0.29) is 24.4 Å². The van der Waals surface area contributed by atoms with Crippen LogP contribution in [0.15, 0.2) is 24.3 Å². The van der Waals surface area contributed by atoms with Crippen LogP contribution in [0.5, 0.6) is 0 Å². The summed E-state index contributed by atoms with van der Waals surface area (Å²) in [6.07, 6.45) is 2.05. The molecule has 1 atom stereocenters. The van der Waals surface area contributed by atoms with E-state index in [1.54, 1.807) is 0 Å². The van der Waals surface area contributed by atoms with Gasteiger partial charge in [0.05, 0.1) is 6.04 Å². The van der Waals surface area contributed by atoms with Crippen LogP contribution in [-0.2, 0) is 17.9 Å². The molecular weight excluding hydrogens is 336 g/mol. The average molecular weight is 367 g/mol. The second-order valence-electron chi connectivity index (χ2n) is 6.89. The molecule has 2 aliphatic rings. The Kier molecular flexibility index (Phi) is 8.16. The molecule has 2 fully saturated rings. The standard InChI is InChI=1S/C19H30N4O.ClH/c1-2-22-10-12-23(13-11-22)15-17-7-5-16(6-8-17)14-21-19(24)18-4-3-9-20-18;/h5-8,18,20H,2-4,9-15H2,1H3,(H,21,24);1H. The lowest BCUT2D eigenvalue weighted by molar-refractivity contribution is -0.122. The van der Waals surface area contributed by atoms with Gasteiger partial charge in [0.15, 0.2) is 0 Å². The summed E-state index contributed by atoms with van der Waals surface area (Å²) in [5, 5.41) is 6.27. The molecule has 0 bridgehead atoms. The van der Waals surface area contributed by atoms with Crippen LogP contribution in [0.4, 0.5) is 0 Å². The Morgan fingerprint density at radius 1 is 1.12 bits per heavy atom. The molecule has 2 heterocycles. The minimum absolute atomic E-state index is 0. The first-order chi connectivity index (χ1) is 11.7. The van der Waals surface area contributed by atoms with Crippen LogP contribution < -0.4 is 10.6 Å². The largest absolute Gasteiger partial charge is 0.351 e. The smallest absolute Gasteiger partial charge is 0.237 e. The predicted octanol–water partition coefficient (Wildman–Crippen LogP) is 1.61. The summed E-state index contributed by atoms with van der Waals surface area (Å²) in [5.41, 5.74) is 2.52. The predicted molar refractivity (Wildman–Crippen MR) is 104 cm³/mol. The van der Waals surface area contributed by atoms with Gasteiger partial charge in [-0.3, -0.25) is 9.69 Å². The Labute approximate surface area is 157 Å². The van der Waals surface area contributed by atoms with Crippen LogP contribution in [0.1, 0.15) is 30.9 Å². The van der Waals surface area contributed by atoms with Gasteiger partial charge in [-0.05, 0) is 37.1 Å². The number of hydrogen-bond donors (Lipinski definition) is 2. The van der Waals surface area contributed by atoms with Crippen molar-refractivity contribution >= 4 is 18.3 Å². The molecule has 2 N–H and O–H groups in total. The maximum absolute atomic E-state index is 12.0. The maximum Gasteiger partial charge on any atom is 0.237 e. The molecule has 3 rings (SSSR count). The van der Waals surface area contributed by atoms with Crippen molar-refractivity contribution in [2.24, 2.45) is 0 Å². The van der Waals surface area contributed by atoms with Crippen LogP contribution in [-0.4, -0.2) is 61.0 Å². The Balaban J connectivity index is 0.00000225. The zero-order chi connectivity index (χ0) is 16.8. The maximum atomic E-state index is 12.0. The van der Waals surface area contributed by atoms with E-state index in [9.17, 15) is 4.79 Å². The number of nitrogens with zero attached hydrogens (tertiary/aromatic N) is 2. The number of hydrogen-bond acceptors (Lipinski definition) is 4. The third-order valence-electron chi connectivity index (χ3n) is 5.18. The molecule has 1 unspecified atom stereocenters. The van der Waals surface area contributed by atoms with E-state index in [2.05, 4.69) is 51.6 Å².